The number of nitrogens with two attached hydrogens (primary N) is 1. The van der Waals surface area contributed by atoms with Gasteiger partial charge in [-0.1, -0.05) is 19.1 Å². The fraction of sp³-hybridized carbons (Fsp3) is 0.278. The smallest absolute Gasteiger partial charge is 0.228 e. The first-order chi connectivity index (χ1) is 11.4. The second-order valence-corrected chi connectivity index (χ2v) is 5.70. The van der Waals surface area contributed by atoms with Crippen LogP contribution in [0.15, 0.2) is 42.5 Å². The van der Waals surface area contributed by atoms with Crippen LogP contribution >= 0.6 is 12.4 Å². The summed E-state index contributed by atoms with van der Waals surface area (Å²) in [4.78, 5) is 11.9. The van der Waals surface area contributed by atoms with E-state index in [1.807, 2.05) is 0 Å². The van der Waals surface area contributed by atoms with E-state index in [2.05, 4.69) is 5.32 Å². The Kier molecular flexibility index (Phi) is 7.80. The molecule has 0 aliphatic heterocycles. The van der Waals surface area contributed by atoms with E-state index in [0.29, 0.717) is 11.3 Å². The molecule has 2 rings (SSSR count). The molecule has 0 saturated carbocycles. The number of anilines is 1. The van der Waals surface area contributed by atoms with Crippen molar-refractivity contribution in [1.82, 2.24) is 0 Å². The Bertz CT molecular complexity index is 726. The van der Waals surface area contributed by atoms with Gasteiger partial charge in [0.05, 0.1) is 5.92 Å². The summed E-state index contributed by atoms with van der Waals surface area (Å²) in [5, 5.41) is 2.61. The summed E-state index contributed by atoms with van der Waals surface area (Å²) < 4.78 is 32.5. The van der Waals surface area contributed by atoms with Gasteiger partial charge in [0.25, 0.3) is 0 Å². The van der Waals surface area contributed by atoms with Gasteiger partial charge in [0.15, 0.2) is 11.6 Å². The Labute approximate surface area is 151 Å². The number of ether oxygens (including phenoxy) is 1. The predicted octanol–water partition coefficient (Wildman–Crippen LogP) is 3.89. The van der Waals surface area contributed by atoms with E-state index in [4.69, 9.17) is 10.5 Å². The van der Waals surface area contributed by atoms with Crippen LogP contribution in [0.5, 0.6) is 5.75 Å². The lowest BCUT2D eigenvalue weighted by Gasteiger charge is -2.16. The molecule has 136 valence electrons. The van der Waals surface area contributed by atoms with Gasteiger partial charge < -0.3 is 15.8 Å². The van der Waals surface area contributed by atoms with Crippen LogP contribution in [0.4, 0.5) is 14.5 Å². The molecule has 0 spiro atoms. The van der Waals surface area contributed by atoms with E-state index in [-0.39, 0.29) is 42.5 Å². The van der Waals surface area contributed by atoms with Crippen LogP contribution in [0.25, 0.3) is 0 Å². The lowest BCUT2D eigenvalue weighted by Crippen LogP contribution is -2.34. The van der Waals surface area contributed by atoms with E-state index in [9.17, 15) is 13.6 Å². The molecule has 1 amide bonds. The maximum Gasteiger partial charge on any atom is 0.228 e. The summed E-state index contributed by atoms with van der Waals surface area (Å²) in [5.41, 5.74) is 6.59. The van der Waals surface area contributed by atoms with Crippen LogP contribution in [0.2, 0.25) is 0 Å². The Morgan fingerprint density at radius 2 is 1.92 bits per heavy atom. The molecular formula is C18H21ClF2N2O2. The van der Waals surface area contributed by atoms with Gasteiger partial charge in [0.2, 0.25) is 5.91 Å². The van der Waals surface area contributed by atoms with Crippen LogP contribution in [0.3, 0.4) is 0 Å². The molecule has 0 saturated heterocycles. The highest BCUT2D eigenvalue weighted by Crippen LogP contribution is 2.23. The predicted molar refractivity (Wildman–Crippen MR) is 95.8 cm³/mol. The largest absolute Gasteiger partial charge is 0.486 e. The molecule has 2 aromatic rings. The highest BCUT2D eigenvalue weighted by molar-refractivity contribution is 5.92. The number of carbonyl (C=O) groups excluding carboxylic acids is 1. The second-order valence-electron chi connectivity index (χ2n) is 5.70. The molecule has 2 atom stereocenters. The second kappa shape index (κ2) is 9.34. The van der Waals surface area contributed by atoms with Gasteiger partial charge in [0, 0.05) is 17.8 Å². The first-order valence-corrected chi connectivity index (χ1v) is 7.60. The summed E-state index contributed by atoms with van der Waals surface area (Å²) in [5.74, 6) is -1.64. The van der Waals surface area contributed by atoms with E-state index in [1.165, 1.54) is 30.3 Å². The van der Waals surface area contributed by atoms with Crippen molar-refractivity contribution in [2.45, 2.75) is 26.5 Å². The van der Waals surface area contributed by atoms with Crippen molar-refractivity contribution < 1.29 is 18.3 Å². The van der Waals surface area contributed by atoms with E-state index < -0.39 is 11.7 Å². The maximum atomic E-state index is 14.1. The first-order valence-electron chi connectivity index (χ1n) is 7.60. The van der Waals surface area contributed by atoms with E-state index >= 15 is 0 Å². The summed E-state index contributed by atoms with van der Waals surface area (Å²) in [7, 11) is 0. The number of benzene rings is 2. The van der Waals surface area contributed by atoms with Crippen molar-refractivity contribution in [3.63, 3.8) is 0 Å². The monoisotopic (exact) mass is 370 g/mol. The maximum absolute atomic E-state index is 14.1. The van der Waals surface area contributed by atoms with Crippen LogP contribution in [0, 0.1) is 17.6 Å². The molecule has 3 N–H and O–H groups in total. The third-order valence-corrected chi connectivity index (χ3v) is 3.69. The Balaban J connectivity index is 0.00000312. The van der Waals surface area contributed by atoms with Gasteiger partial charge in [-0.25, -0.2) is 8.78 Å². The fourth-order valence-corrected chi connectivity index (χ4v) is 1.98. The average molecular weight is 371 g/mol. The molecule has 4 nitrogen and oxygen atoms in total. The lowest BCUT2D eigenvalue weighted by molar-refractivity contribution is -0.119. The van der Waals surface area contributed by atoms with Gasteiger partial charge in [-0.2, -0.15) is 0 Å². The zero-order valence-electron chi connectivity index (χ0n) is 14.0. The molecule has 25 heavy (non-hydrogen) atoms. The normalized spacial score (nSPS) is 12.7. The average Bonchev–Trinajstić information content (AvgIpc) is 2.53. The Morgan fingerprint density at radius 1 is 1.20 bits per heavy atom. The zero-order chi connectivity index (χ0) is 17.7. The van der Waals surface area contributed by atoms with Gasteiger partial charge in [-0.3, -0.25) is 4.79 Å². The van der Waals surface area contributed by atoms with Crippen LogP contribution < -0.4 is 15.8 Å². The minimum absolute atomic E-state index is 0. The molecule has 2 unspecified atom stereocenters. The summed E-state index contributed by atoms with van der Waals surface area (Å²) in [6.07, 6.45) is 0. The molecule has 7 heteroatoms. The zero-order valence-corrected chi connectivity index (χ0v) is 14.8. The number of rotatable bonds is 6. The number of halogens is 3. The fourth-order valence-electron chi connectivity index (χ4n) is 1.98. The summed E-state index contributed by atoms with van der Waals surface area (Å²) >= 11 is 0. The first kappa shape index (κ1) is 20.9. The van der Waals surface area contributed by atoms with Crippen molar-refractivity contribution in [3.8, 4) is 5.75 Å². The van der Waals surface area contributed by atoms with Crippen molar-refractivity contribution in [1.29, 1.82) is 0 Å². The van der Waals surface area contributed by atoms with Crippen molar-refractivity contribution >= 4 is 24.0 Å². The van der Waals surface area contributed by atoms with Crippen molar-refractivity contribution in [2.75, 3.05) is 5.32 Å². The molecule has 2 aromatic carbocycles. The quantitative estimate of drug-likeness (QED) is 0.810. The Morgan fingerprint density at radius 3 is 2.52 bits per heavy atom. The van der Waals surface area contributed by atoms with Gasteiger partial charge in [-0.15, -0.1) is 12.4 Å². The molecule has 0 aliphatic rings. The molecular weight excluding hydrogens is 350 g/mol. The highest BCUT2D eigenvalue weighted by Gasteiger charge is 2.17. The minimum atomic E-state index is -0.613. The number of carbonyl (C=O) groups is 1. The molecule has 0 heterocycles. The number of hydrogen-bond acceptors (Lipinski definition) is 3. The van der Waals surface area contributed by atoms with E-state index in [1.54, 1.807) is 26.0 Å². The summed E-state index contributed by atoms with van der Waals surface area (Å²) in [6, 6.07) is 9.72. The van der Waals surface area contributed by atoms with Gasteiger partial charge >= 0.3 is 0 Å². The molecule has 0 bridgehead atoms. The molecule has 0 aliphatic carbocycles. The van der Waals surface area contributed by atoms with Crippen molar-refractivity contribution in [2.24, 2.45) is 11.7 Å². The van der Waals surface area contributed by atoms with Crippen LogP contribution in [-0.2, 0) is 11.4 Å². The standard InChI is InChI=1S/C18H20F2N2O2.ClH/c1-11(12(2)21)18(23)22-15-6-7-17(16(20)9-15)24-10-13-4-3-5-14(19)8-13;/h3-9,11-12H,10,21H2,1-2H3,(H,22,23);1H. The number of nitrogens with one attached hydrogen (secondary N) is 1. The van der Waals surface area contributed by atoms with Gasteiger partial charge in [-0.05, 0) is 36.8 Å². The third-order valence-electron chi connectivity index (χ3n) is 3.69. The topological polar surface area (TPSA) is 64.4 Å². The minimum Gasteiger partial charge on any atom is -0.486 e. The lowest BCUT2D eigenvalue weighted by atomic mass is 10.0. The van der Waals surface area contributed by atoms with Crippen molar-refractivity contribution in [3.05, 3.63) is 59.7 Å². The van der Waals surface area contributed by atoms with Gasteiger partial charge in [0.1, 0.15) is 12.4 Å². The molecule has 0 fully saturated rings. The molecule has 0 aromatic heterocycles. The highest BCUT2D eigenvalue weighted by atomic mass is 35.5. The van der Waals surface area contributed by atoms with Crippen LogP contribution in [0.1, 0.15) is 19.4 Å². The summed E-state index contributed by atoms with van der Waals surface area (Å²) in [6.45, 7) is 3.48. The number of hydrogen-bond donors (Lipinski definition) is 2. The molecule has 0 radical (unpaired) electrons. The SMILES string of the molecule is CC(N)C(C)C(=O)Nc1ccc(OCc2cccc(F)c2)c(F)c1.Cl. The third kappa shape index (κ3) is 5.99. The Hall–Kier alpha value is -2.18. The van der Waals surface area contributed by atoms with E-state index in [0.717, 1.165) is 0 Å². The number of amides is 1. The van der Waals surface area contributed by atoms with Crippen LogP contribution in [-0.4, -0.2) is 11.9 Å².